The highest BCUT2D eigenvalue weighted by molar-refractivity contribution is 5.96. The highest BCUT2D eigenvalue weighted by Crippen LogP contribution is 2.33. The summed E-state index contributed by atoms with van der Waals surface area (Å²) in [5.74, 6) is 0.0285. The van der Waals surface area contributed by atoms with Crippen LogP contribution in [0.4, 0.5) is 17.1 Å². The van der Waals surface area contributed by atoms with Crippen LogP contribution in [0.5, 0.6) is 0 Å². The second-order valence-corrected chi connectivity index (χ2v) is 7.21. The van der Waals surface area contributed by atoms with Gasteiger partial charge in [0.05, 0.1) is 31.0 Å². The van der Waals surface area contributed by atoms with Crippen LogP contribution >= 0.6 is 0 Å². The molecule has 27 heavy (non-hydrogen) atoms. The molecule has 1 N–H and O–H groups in total. The largest absolute Gasteiger partial charge is 0.378 e. The number of morpholine rings is 1. The van der Waals surface area contributed by atoms with E-state index in [0.717, 1.165) is 62.0 Å². The van der Waals surface area contributed by atoms with Gasteiger partial charge in [0.1, 0.15) is 0 Å². The molecule has 4 rings (SSSR count). The van der Waals surface area contributed by atoms with Gasteiger partial charge in [-0.25, -0.2) is 0 Å². The molecule has 2 saturated heterocycles. The highest BCUT2D eigenvalue weighted by atomic mass is 16.5. The average molecular weight is 365 g/mol. The van der Waals surface area contributed by atoms with Crippen LogP contribution in [0.3, 0.4) is 0 Å². The van der Waals surface area contributed by atoms with Crippen molar-refractivity contribution in [2.24, 2.45) is 0 Å². The lowest BCUT2D eigenvalue weighted by Gasteiger charge is -2.30. The molecule has 0 atom stereocenters. The summed E-state index contributed by atoms with van der Waals surface area (Å²) in [4.78, 5) is 17.4. The predicted octanol–water partition coefficient (Wildman–Crippen LogP) is 3.30. The van der Waals surface area contributed by atoms with Crippen LogP contribution in [0, 0.1) is 0 Å². The van der Waals surface area contributed by atoms with Gasteiger partial charge in [0.2, 0.25) is 5.91 Å². The fraction of sp³-hybridized carbons (Fsp3) is 0.409. The van der Waals surface area contributed by atoms with Crippen molar-refractivity contribution in [3.05, 3.63) is 54.1 Å². The number of rotatable bonds is 5. The number of carbonyl (C=O) groups excluding carboxylic acids is 1. The Morgan fingerprint density at radius 3 is 2.41 bits per heavy atom. The smallest absolute Gasteiger partial charge is 0.228 e. The Hall–Kier alpha value is -2.53. The van der Waals surface area contributed by atoms with Crippen LogP contribution in [-0.2, 0) is 16.0 Å². The van der Waals surface area contributed by atoms with Crippen LogP contribution < -0.4 is 15.1 Å². The van der Waals surface area contributed by atoms with Crippen LogP contribution in [-0.4, -0.2) is 45.3 Å². The lowest BCUT2D eigenvalue weighted by atomic mass is 10.1. The number of carbonyl (C=O) groups is 1. The number of amides is 1. The van der Waals surface area contributed by atoms with Crippen molar-refractivity contribution < 1.29 is 9.53 Å². The van der Waals surface area contributed by atoms with Crippen LogP contribution in [0.25, 0.3) is 0 Å². The molecule has 2 aliphatic heterocycles. The van der Waals surface area contributed by atoms with E-state index in [1.807, 2.05) is 30.3 Å². The van der Waals surface area contributed by atoms with Crippen molar-refractivity contribution >= 4 is 23.0 Å². The predicted molar refractivity (Wildman–Crippen MR) is 110 cm³/mol. The molecule has 0 aliphatic carbocycles. The maximum absolute atomic E-state index is 12.7. The number of anilines is 3. The minimum absolute atomic E-state index is 0.0285. The molecule has 1 amide bonds. The third kappa shape index (κ3) is 4.42. The molecule has 2 aromatic rings. The molecule has 142 valence electrons. The lowest BCUT2D eigenvalue weighted by molar-refractivity contribution is -0.115. The fourth-order valence-electron chi connectivity index (χ4n) is 3.85. The van der Waals surface area contributed by atoms with E-state index in [-0.39, 0.29) is 5.91 Å². The van der Waals surface area contributed by atoms with Crippen LogP contribution in [0.15, 0.2) is 48.5 Å². The fourth-order valence-corrected chi connectivity index (χ4v) is 3.85. The van der Waals surface area contributed by atoms with E-state index in [1.165, 1.54) is 12.8 Å². The van der Waals surface area contributed by atoms with Crippen molar-refractivity contribution in [2.75, 3.05) is 54.5 Å². The summed E-state index contributed by atoms with van der Waals surface area (Å²) in [5, 5.41) is 3.18. The molecule has 2 aliphatic rings. The number of hydrogen-bond donors (Lipinski definition) is 1. The minimum atomic E-state index is 0.0285. The first-order chi connectivity index (χ1) is 13.3. The van der Waals surface area contributed by atoms with Gasteiger partial charge < -0.3 is 19.9 Å². The molecule has 0 unspecified atom stereocenters. The Balaban J connectivity index is 1.55. The zero-order valence-electron chi connectivity index (χ0n) is 15.7. The number of ether oxygens (including phenoxy) is 1. The monoisotopic (exact) mass is 365 g/mol. The molecule has 2 fully saturated rings. The Morgan fingerprint density at radius 2 is 1.67 bits per heavy atom. The van der Waals surface area contributed by atoms with E-state index in [0.29, 0.717) is 6.42 Å². The summed E-state index contributed by atoms with van der Waals surface area (Å²) >= 11 is 0. The molecule has 0 saturated carbocycles. The van der Waals surface area contributed by atoms with Crippen molar-refractivity contribution in [1.29, 1.82) is 0 Å². The normalized spacial score (nSPS) is 17.2. The van der Waals surface area contributed by atoms with Crippen molar-refractivity contribution in [3.63, 3.8) is 0 Å². The van der Waals surface area contributed by atoms with Gasteiger partial charge in [0.15, 0.2) is 0 Å². The third-order valence-corrected chi connectivity index (χ3v) is 5.28. The van der Waals surface area contributed by atoms with Gasteiger partial charge in [0, 0.05) is 31.9 Å². The van der Waals surface area contributed by atoms with Gasteiger partial charge in [-0.05, 0) is 36.6 Å². The summed E-state index contributed by atoms with van der Waals surface area (Å²) in [6.07, 6.45) is 2.81. The topological polar surface area (TPSA) is 44.8 Å². The zero-order valence-corrected chi connectivity index (χ0v) is 15.7. The standard InChI is InChI=1S/C22H27N3O2/c26-22(16-18-6-2-1-3-7-18)23-20-17-19(24-12-14-27-15-13-24)8-9-21(20)25-10-4-5-11-25/h1-3,6-9,17H,4-5,10-16H2,(H,23,26). The second-order valence-electron chi connectivity index (χ2n) is 7.21. The average Bonchev–Trinajstić information content (AvgIpc) is 3.24. The lowest BCUT2D eigenvalue weighted by Crippen LogP contribution is -2.36. The molecule has 0 spiro atoms. The van der Waals surface area contributed by atoms with Crippen molar-refractivity contribution in [3.8, 4) is 0 Å². The van der Waals surface area contributed by atoms with Crippen molar-refractivity contribution in [1.82, 2.24) is 0 Å². The summed E-state index contributed by atoms with van der Waals surface area (Å²) in [6, 6.07) is 16.4. The number of benzene rings is 2. The molecular weight excluding hydrogens is 338 g/mol. The summed E-state index contributed by atoms with van der Waals surface area (Å²) in [5.41, 5.74) is 4.23. The van der Waals surface area contributed by atoms with Gasteiger partial charge in [-0.2, -0.15) is 0 Å². The number of nitrogens with one attached hydrogen (secondary N) is 1. The molecular formula is C22H27N3O2. The second kappa shape index (κ2) is 8.44. The van der Waals surface area contributed by atoms with E-state index in [1.54, 1.807) is 0 Å². The summed E-state index contributed by atoms with van der Waals surface area (Å²) < 4.78 is 5.47. The van der Waals surface area contributed by atoms with E-state index >= 15 is 0 Å². The maximum Gasteiger partial charge on any atom is 0.228 e. The van der Waals surface area contributed by atoms with Gasteiger partial charge in [-0.3, -0.25) is 4.79 Å². The minimum Gasteiger partial charge on any atom is -0.378 e. The quantitative estimate of drug-likeness (QED) is 0.883. The third-order valence-electron chi connectivity index (χ3n) is 5.28. The van der Waals surface area contributed by atoms with Crippen LogP contribution in [0.2, 0.25) is 0 Å². The highest BCUT2D eigenvalue weighted by Gasteiger charge is 2.19. The SMILES string of the molecule is O=C(Cc1ccccc1)Nc1cc(N2CCOCC2)ccc1N1CCCC1. The Labute approximate surface area is 160 Å². The van der Waals surface area contributed by atoms with Gasteiger partial charge in [-0.15, -0.1) is 0 Å². The molecule has 0 bridgehead atoms. The molecule has 2 heterocycles. The molecule has 5 nitrogen and oxygen atoms in total. The van der Waals surface area contributed by atoms with E-state index in [9.17, 15) is 4.79 Å². The van der Waals surface area contributed by atoms with Crippen LogP contribution in [0.1, 0.15) is 18.4 Å². The summed E-state index contributed by atoms with van der Waals surface area (Å²) in [7, 11) is 0. The Morgan fingerprint density at radius 1 is 0.926 bits per heavy atom. The van der Waals surface area contributed by atoms with E-state index < -0.39 is 0 Å². The maximum atomic E-state index is 12.7. The molecule has 0 radical (unpaired) electrons. The summed E-state index contributed by atoms with van der Waals surface area (Å²) in [6.45, 7) is 5.39. The Bertz CT molecular complexity index is 766. The molecule has 2 aromatic carbocycles. The van der Waals surface area contributed by atoms with Gasteiger partial charge in [0.25, 0.3) is 0 Å². The first-order valence-electron chi connectivity index (χ1n) is 9.85. The van der Waals surface area contributed by atoms with Gasteiger partial charge >= 0.3 is 0 Å². The van der Waals surface area contributed by atoms with Gasteiger partial charge in [-0.1, -0.05) is 30.3 Å². The first-order valence-corrected chi connectivity index (χ1v) is 9.85. The number of hydrogen-bond acceptors (Lipinski definition) is 4. The zero-order chi connectivity index (χ0) is 18.5. The number of nitrogens with zero attached hydrogens (tertiary/aromatic N) is 2. The first kappa shape index (κ1) is 17.9. The molecule has 5 heteroatoms. The molecule has 0 aromatic heterocycles. The Kier molecular flexibility index (Phi) is 5.58. The van der Waals surface area contributed by atoms with E-state index in [2.05, 4.69) is 33.3 Å². The van der Waals surface area contributed by atoms with E-state index in [4.69, 9.17) is 4.74 Å². The van der Waals surface area contributed by atoms with Crippen molar-refractivity contribution in [2.45, 2.75) is 19.3 Å².